The Balaban J connectivity index is 1.81. The first kappa shape index (κ1) is 27.5. The van der Waals surface area contributed by atoms with Crippen molar-refractivity contribution in [2.45, 2.75) is 98.0 Å². The van der Waals surface area contributed by atoms with E-state index in [0.29, 0.717) is 12.6 Å². The Hall–Kier alpha value is -2.58. The predicted molar refractivity (Wildman–Crippen MR) is 149 cm³/mol. The molecule has 1 atom stereocenters. The summed E-state index contributed by atoms with van der Waals surface area (Å²) in [6.45, 7) is 19.7. The normalized spacial score (nSPS) is 15.7. The Morgan fingerprint density at radius 3 is 2.43 bits per heavy atom. The molecule has 0 aliphatic heterocycles. The molecule has 1 aliphatic carbocycles. The molecule has 0 radical (unpaired) electrons. The first-order valence-electron chi connectivity index (χ1n) is 13.2. The topological polar surface area (TPSA) is 79.1 Å². The van der Waals surface area contributed by atoms with Gasteiger partial charge in [-0.3, -0.25) is 9.78 Å². The number of carbonyl (C=O) groups excluding carboxylic acids is 1. The van der Waals surface area contributed by atoms with Crippen LogP contribution in [0.1, 0.15) is 87.4 Å². The molecule has 37 heavy (non-hydrogen) atoms. The van der Waals surface area contributed by atoms with Crippen molar-refractivity contribution in [1.29, 1.82) is 0 Å². The van der Waals surface area contributed by atoms with Crippen LogP contribution in [0.4, 0.5) is 0 Å². The van der Waals surface area contributed by atoms with Crippen LogP contribution in [-0.4, -0.2) is 41.4 Å². The largest absolute Gasteiger partial charge is 0.469 e. The minimum absolute atomic E-state index is 0.117. The molecule has 0 amide bonds. The van der Waals surface area contributed by atoms with E-state index >= 15 is 0 Å². The Bertz CT molecular complexity index is 1320. The fourth-order valence-electron chi connectivity index (χ4n) is 4.80. The maximum atomic E-state index is 13.1. The Kier molecular flexibility index (Phi) is 7.14. The van der Waals surface area contributed by atoms with Gasteiger partial charge in [0.2, 0.25) is 0 Å². The standard InChI is InChI=1S/C29H42N4O3Si/c1-18-23(13-14-24-26(18)31-32-33(24)22-11-12-22)25(29(6,7)27(34)35-8)20-15-21(19(2)30-16-20)17-36-37(9,10)28(3,4)5/h13-16,22,25H,11-12,17H2,1-10H3. The number of aryl methyl sites for hydroxylation is 2. The molecule has 1 fully saturated rings. The van der Waals surface area contributed by atoms with Gasteiger partial charge in [-0.1, -0.05) is 32.1 Å². The highest BCUT2D eigenvalue weighted by Crippen LogP contribution is 2.45. The van der Waals surface area contributed by atoms with Crippen molar-refractivity contribution < 1.29 is 14.0 Å². The van der Waals surface area contributed by atoms with E-state index in [-0.39, 0.29) is 16.9 Å². The van der Waals surface area contributed by atoms with Crippen molar-refractivity contribution in [3.8, 4) is 0 Å². The lowest BCUT2D eigenvalue weighted by atomic mass is 9.70. The van der Waals surface area contributed by atoms with Crippen LogP contribution in [0.25, 0.3) is 11.0 Å². The van der Waals surface area contributed by atoms with Gasteiger partial charge in [0, 0.05) is 17.8 Å². The van der Waals surface area contributed by atoms with Crippen LogP contribution in [0, 0.1) is 19.3 Å². The third kappa shape index (κ3) is 5.10. The van der Waals surface area contributed by atoms with Crippen molar-refractivity contribution in [2.75, 3.05) is 7.11 Å². The molecule has 1 saturated carbocycles. The second kappa shape index (κ2) is 9.62. The van der Waals surface area contributed by atoms with Crippen molar-refractivity contribution >= 4 is 25.3 Å². The Labute approximate surface area is 222 Å². The van der Waals surface area contributed by atoms with Crippen LogP contribution in [0.5, 0.6) is 0 Å². The SMILES string of the molecule is COC(=O)C(C)(C)C(c1cnc(C)c(CO[Si](C)(C)C(C)(C)C)c1)c1ccc2c(nnn2C2CC2)c1C. The second-order valence-corrected chi connectivity index (χ2v) is 17.4. The number of aromatic nitrogens is 4. The lowest BCUT2D eigenvalue weighted by molar-refractivity contribution is -0.151. The van der Waals surface area contributed by atoms with E-state index in [1.165, 1.54) is 7.11 Å². The molecule has 4 rings (SSSR count). The number of ether oxygens (including phenoxy) is 1. The average molecular weight is 523 g/mol. The molecule has 1 unspecified atom stereocenters. The molecule has 3 aromatic rings. The summed E-state index contributed by atoms with van der Waals surface area (Å²) < 4.78 is 13.9. The van der Waals surface area contributed by atoms with Gasteiger partial charge in [0.15, 0.2) is 8.32 Å². The molecule has 8 heteroatoms. The van der Waals surface area contributed by atoms with E-state index < -0.39 is 13.7 Å². The highest BCUT2D eigenvalue weighted by molar-refractivity contribution is 6.74. The monoisotopic (exact) mass is 522 g/mol. The number of pyridine rings is 1. The molecule has 1 aromatic carbocycles. The first-order chi connectivity index (χ1) is 17.2. The molecule has 0 spiro atoms. The zero-order valence-corrected chi connectivity index (χ0v) is 25.1. The molecule has 2 aromatic heterocycles. The van der Waals surface area contributed by atoms with Gasteiger partial charge in [-0.15, -0.1) is 5.10 Å². The van der Waals surface area contributed by atoms with E-state index in [4.69, 9.17) is 14.1 Å². The number of fused-ring (bicyclic) bond motifs is 1. The molecular formula is C29H42N4O3Si. The number of rotatable bonds is 8. The van der Waals surface area contributed by atoms with Crippen LogP contribution in [0.2, 0.25) is 18.1 Å². The zero-order chi connectivity index (χ0) is 27.3. The molecule has 2 heterocycles. The highest BCUT2D eigenvalue weighted by atomic mass is 28.4. The van der Waals surface area contributed by atoms with Crippen LogP contribution in [0.15, 0.2) is 24.4 Å². The number of benzene rings is 1. The number of nitrogens with zero attached hydrogens (tertiary/aromatic N) is 4. The summed E-state index contributed by atoms with van der Waals surface area (Å²) in [5.74, 6) is -0.548. The molecular weight excluding hydrogens is 480 g/mol. The van der Waals surface area contributed by atoms with Crippen molar-refractivity contribution in [2.24, 2.45) is 5.41 Å². The molecule has 0 bridgehead atoms. The van der Waals surface area contributed by atoms with E-state index in [0.717, 1.165) is 51.8 Å². The summed E-state index contributed by atoms with van der Waals surface area (Å²) in [5.41, 5.74) is 6.11. The van der Waals surface area contributed by atoms with Gasteiger partial charge in [-0.05, 0) is 93.1 Å². The smallest absolute Gasteiger partial charge is 0.312 e. The molecule has 1 aliphatic rings. The van der Waals surface area contributed by atoms with Gasteiger partial charge in [0.1, 0.15) is 5.52 Å². The summed E-state index contributed by atoms with van der Waals surface area (Å²) in [6, 6.07) is 6.83. The number of hydrogen-bond acceptors (Lipinski definition) is 6. The number of methoxy groups -OCH3 is 1. The van der Waals surface area contributed by atoms with Gasteiger partial charge in [0.05, 0.1) is 30.7 Å². The minimum atomic E-state index is -1.94. The summed E-state index contributed by atoms with van der Waals surface area (Å²) in [6.07, 6.45) is 4.18. The fraction of sp³-hybridized carbons (Fsp3) is 0.586. The first-order valence-corrected chi connectivity index (χ1v) is 16.1. The molecule has 7 nitrogen and oxygen atoms in total. The number of hydrogen-bond donors (Lipinski definition) is 0. The van der Waals surface area contributed by atoms with Gasteiger partial charge >= 0.3 is 5.97 Å². The van der Waals surface area contributed by atoms with Gasteiger partial charge < -0.3 is 9.16 Å². The average Bonchev–Trinajstić information content (AvgIpc) is 3.57. The maximum absolute atomic E-state index is 13.1. The second-order valence-electron chi connectivity index (χ2n) is 12.6. The Morgan fingerprint density at radius 2 is 1.84 bits per heavy atom. The van der Waals surface area contributed by atoms with Gasteiger partial charge in [-0.25, -0.2) is 4.68 Å². The fourth-order valence-corrected chi connectivity index (χ4v) is 5.75. The van der Waals surface area contributed by atoms with Crippen molar-refractivity contribution in [3.63, 3.8) is 0 Å². The lowest BCUT2D eigenvalue weighted by Gasteiger charge is -2.36. The Morgan fingerprint density at radius 1 is 1.16 bits per heavy atom. The summed E-state index contributed by atoms with van der Waals surface area (Å²) in [4.78, 5) is 17.9. The minimum Gasteiger partial charge on any atom is -0.469 e. The molecule has 0 N–H and O–H groups in total. The molecule has 200 valence electrons. The van der Waals surface area contributed by atoms with Crippen LogP contribution in [0.3, 0.4) is 0 Å². The van der Waals surface area contributed by atoms with Crippen molar-refractivity contribution in [3.05, 3.63) is 52.3 Å². The third-order valence-electron chi connectivity index (χ3n) is 8.52. The van der Waals surface area contributed by atoms with Crippen LogP contribution in [-0.2, 0) is 20.6 Å². The quantitative estimate of drug-likeness (QED) is 0.244. The summed E-state index contributed by atoms with van der Waals surface area (Å²) in [7, 11) is -0.492. The third-order valence-corrected chi connectivity index (χ3v) is 13.0. The van der Waals surface area contributed by atoms with E-state index in [9.17, 15) is 4.79 Å². The van der Waals surface area contributed by atoms with Crippen molar-refractivity contribution in [1.82, 2.24) is 20.0 Å². The summed E-state index contributed by atoms with van der Waals surface area (Å²) >= 11 is 0. The molecule has 0 saturated heterocycles. The summed E-state index contributed by atoms with van der Waals surface area (Å²) in [5, 5.41) is 9.10. The van der Waals surface area contributed by atoms with E-state index in [1.807, 2.05) is 31.6 Å². The van der Waals surface area contributed by atoms with Gasteiger partial charge in [-0.2, -0.15) is 0 Å². The van der Waals surface area contributed by atoms with Gasteiger partial charge in [0.25, 0.3) is 0 Å². The maximum Gasteiger partial charge on any atom is 0.312 e. The van der Waals surface area contributed by atoms with E-state index in [2.05, 4.69) is 69.3 Å². The number of carbonyl (C=O) groups is 1. The lowest BCUT2D eigenvalue weighted by Crippen LogP contribution is -2.40. The van der Waals surface area contributed by atoms with E-state index in [1.54, 1.807) is 0 Å². The predicted octanol–water partition coefficient (Wildman–Crippen LogP) is 6.63. The van der Waals surface area contributed by atoms with Crippen LogP contribution < -0.4 is 0 Å². The zero-order valence-electron chi connectivity index (χ0n) is 24.1. The van der Waals surface area contributed by atoms with Crippen LogP contribution >= 0.6 is 0 Å². The number of esters is 1. The highest BCUT2D eigenvalue weighted by Gasteiger charge is 2.42.